The number of methoxy groups -OCH3 is 1. The maximum atomic E-state index is 6.00. The van der Waals surface area contributed by atoms with Gasteiger partial charge in [0, 0.05) is 16.0 Å². The summed E-state index contributed by atoms with van der Waals surface area (Å²) in [5.74, 6) is 2.12. The van der Waals surface area contributed by atoms with E-state index in [-0.39, 0.29) is 0 Å². The van der Waals surface area contributed by atoms with Crippen LogP contribution in [0.2, 0.25) is 5.02 Å². The van der Waals surface area contributed by atoms with Crippen molar-refractivity contribution in [2.45, 2.75) is 0 Å². The maximum absolute atomic E-state index is 6.00. The van der Waals surface area contributed by atoms with Crippen LogP contribution in [0.1, 0.15) is 0 Å². The average molecular weight is 362 g/mol. The van der Waals surface area contributed by atoms with Crippen LogP contribution >= 0.6 is 11.6 Å². The van der Waals surface area contributed by atoms with Crippen LogP contribution in [0.3, 0.4) is 0 Å². The van der Waals surface area contributed by atoms with Gasteiger partial charge in [0.2, 0.25) is 0 Å². The number of halogens is 1. The zero-order valence-electron chi connectivity index (χ0n) is 14.1. The first-order chi connectivity index (χ1) is 12.7. The summed E-state index contributed by atoms with van der Waals surface area (Å²) in [6.45, 7) is 0. The predicted octanol–water partition coefficient (Wildman–Crippen LogP) is 5.70. The van der Waals surface area contributed by atoms with E-state index in [0.717, 1.165) is 33.7 Å². The van der Waals surface area contributed by atoms with Gasteiger partial charge in [-0.3, -0.25) is 0 Å². The second kappa shape index (κ2) is 7.02. The quantitative estimate of drug-likeness (QED) is 0.506. The molecule has 0 saturated heterocycles. The van der Waals surface area contributed by atoms with Crippen LogP contribution in [-0.2, 0) is 0 Å². The Hall–Kier alpha value is -3.11. The van der Waals surface area contributed by atoms with Crippen molar-refractivity contribution in [3.05, 3.63) is 77.8 Å². The minimum absolute atomic E-state index is 0.637. The van der Waals surface area contributed by atoms with Gasteiger partial charge in [0.25, 0.3) is 0 Å². The molecule has 4 aromatic rings. The highest BCUT2D eigenvalue weighted by Crippen LogP contribution is 2.31. The third-order valence-corrected chi connectivity index (χ3v) is 4.32. The Kier molecular flexibility index (Phi) is 4.42. The van der Waals surface area contributed by atoms with Crippen molar-refractivity contribution in [2.24, 2.45) is 0 Å². The summed E-state index contributed by atoms with van der Waals surface area (Å²) in [4.78, 5) is 9.45. The Morgan fingerprint density at radius 2 is 1.58 bits per heavy atom. The molecule has 0 atom stereocenters. The SMILES string of the molecule is COc1ccccc1Nc1nc(-c2ccc(Cl)cc2)nc2ccccc12. The Bertz CT molecular complexity index is 1060. The topological polar surface area (TPSA) is 47.0 Å². The molecule has 26 heavy (non-hydrogen) atoms. The highest BCUT2D eigenvalue weighted by atomic mass is 35.5. The number of nitrogens with zero attached hydrogens (tertiary/aromatic N) is 2. The zero-order valence-corrected chi connectivity index (χ0v) is 14.9. The molecule has 0 saturated carbocycles. The van der Waals surface area contributed by atoms with Gasteiger partial charge < -0.3 is 10.1 Å². The lowest BCUT2D eigenvalue weighted by molar-refractivity contribution is 0.417. The number of hydrogen-bond donors (Lipinski definition) is 1. The Balaban J connectivity index is 1.86. The number of fused-ring (bicyclic) bond motifs is 1. The van der Waals surface area contributed by atoms with Crippen LogP contribution < -0.4 is 10.1 Å². The van der Waals surface area contributed by atoms with E-state index in [0.29, 0.717) is 10.8 Å². The number of hydrogen-bond acceptors (Lipinski definition) is 4. The van der Waals surface area contributed by atoms with Gasteiger partial charge in [-0.15, -0.1) is 0 Å². The molecule has 0 spiro atoms. The molecule has 0 amide bonds. The number of benzene rings is 3. The highest BCUT2D eigenvalue weighted by Gasteiger charge is 2.11. The van der Waals surface area contributed by atoms with Crippen molar-refractivity contribution >= 4 is 34.0 Å². The lowest BCUT2D eigenvalue weighted by Gasteiger charge is -2.13. The molecular weight excluding hydrogens is 346 g/mol. The molecule has 0 aliphatic rings. The van der Waals surface area contributed by atoms with E-state index in [4.69, 9.17) is 26.3 Å². The fraction of sp³-hybridized carbons (Fsp3) is 0.0476. The fourth-order valence-electron chi connectivity index (χ4n) is 2.78. The molecule has 0 radical (unpaired) electrons. The first-order valence-corrected chi connectivity index (χ1v) is 8.55. The Labute approximate surface area is 156 Å². The van der Waals surface area contributed by atoms with E-state index in [9.17, 15) is 0 Å². The minimum atomic E-state index is 0.637. The second-order valence-corrected chi connectivity index (χ2v) is 6.18. The third kappa shape index (κ3) is 3.19. The van der Waals surface area contributed by atoms with E-state index in [1.165, 1.54) is 0 Å². The van der Waals surface area contributed by atoms with Gasteiger partial charge in [-0.2, -0.15) is 0 Å². The first kappa shape index (κ1) is 16.4. The monoisotopic (exact) mass is 361 g/mol. The average Bonchev–Trinajstić information content (AvgIpc) is 2.69. The van der Waals surface area contributed by atoms with Crippen molar-refractivity contribution < 1.29 is 4.74 Å². The summed E-state index contributed by atoms with van der Waals surface area (Å²) in [5, 5.41) is 5.01. The zero-order chi connectivity index (χ0) is 17.9. The minimum Gasteiger partial charge on any atom is -0.495 e. The van der Waals surface area contributed by atoms with E-state index < -0.39 is 0 Å². The molecule has 4 nitrogen and oxygen atoms in total. The molecule has 0 unspecified atom stereocenters. The van der Waals surface area contributed by atoms with Crippen LogP contribution in [0.15, 0.2) is 72.8 Å². The lowest BCUT2D eigenvalue weighted by Crippen LogP contribution is -2.00. The van der Waals surface area contributed by atoms with Crippen LogP contribution in [0, 0.1) is 0 Å². The predicted molar refractivity (Wildman–Crippen MR) is 106 cm³/mol. The summed E-state index contributed by atoms with van der Waals surface area (Å²) < 4.78 is 5.44. The number of para-hydroxylation sites is 3. The van der Waals surface area contributed by atoms with E-state index in [1.807, 2.05) is 72.8 Å². The molecule has 5 heteroatoms. The molecule has 128 valence electrons. The smallest absolute Gasteiger partial charge is 0.162 e. The molecule has 1 heterocycles. The Morgan fingerprint density at radius 1 is 0.846 bits per heavy atom. The standard InChI is InChI=1S/C21H16ClN3O/c1-26-19-9-5-4-8-18(19)24-21-16-6-2-3-7-17(16)23-20(25-21)14-10-12-15(22)13-11-14/h2-13H,1H3,(H,23,24,25). The van der Waals surface area contributed by atoms with Gasteiger partial charge in [0.1, 0.15) is 11.6 Å². The summed E-state index contributed by atoms with van der Waals surface area (Å²) in [6, 6.07) is 23.2. The van der Waals surface area contributed by atoms with Crippen molar-refractivity contribution in [3.63, 3.8) is 0 Å². The molecule has 4 rings (SSSR count). The van der Waals surface area contributed by atoms with Crippen LogP contribution in [0.25, 0.3) is 22.3 Å². The lowest BCUT2D eigenvalue weighted by atomic mass is 10.1. The number of aromatic nitrogens is 2. The summed E-state index contributed by atoms with van der Waals surface area (Å²) in [5.41, 5.74) is 2.62. The largest absolute Gasteiger partial charge is 0.495 e. The second-order valence-electron chi connectivity index (χ2n) is 5.75. The maximum Gasteiger partial charge on any atom is 0.162 e. The number of ether oxygens (including phenoxy) is 1. The number of rotatable bonds is 4. The van der Waals surface area contributed by atoms with Gasteiger partial charge >= 0.3 is 0 Å². The van der Waals surface area contributed by atoms with Gasteiger partial charge in [-0.25, -0.2) is 9.97 Å². The van der Waals surface area contributed by atoms with E-state index >= 15 is 0 Å². The van der Waals surface area contributed by atoms with Gasteiger partial charge in [0.05, 0.1) is 18.3 Å². The van der Waals surface area contributed by atoms with Crippen molar-refractivity contribution in [2.75, 3.05) is 12.4 Å². The molecule has 0 fully saturated rings. The third-order valence-electron chi connectivity index (χ3n) is 4.07. The molecular formula is C21H16ClN3O. The number of anilines is 2. The van der Waals surface area contributed by atoms with Crippen molar-refractivity contribution in [1.29, 1.82) is 0 Å². The van der Waals surface area contributed by atoms with Crippen LogP contribution in [0.5, 0.6) is 5.75 Å². The van der Waals surface area contributed by atoms with Gasteiger partial charge in [-0.1, -0.05) is 35.9 Å². The van der Waals surface area contributed by atoms with E-state index in [2.05, 4.69) is 5.32 Å². The molecule has 0 aliphatic heterocycles. The van der Waals surface area contributed by atoms with Gasteiger partial charge in [0.15, 0.2) is 5.82 Å². The molecule has 1 N–H and O–H groups in total. The molecule has 3 aromatic carbocycles. The molecule has 0 bridgehead atoms. The first-order valence-electron chi connectivity index (χ1n) is 8.17. The van der Waals surface area contributed by atoms with Crippen molar-refractivity contribution in [1.82, 2.24) is 9.97 Å². The highest BCUT2D eigenvalue weighted by molar-refractivity contribution is 6.30. The van der Waals surface area contributed by atoms with Crippen LogP contribution in [-0.4, -0.2) is 17.1 Å². The van der Waals surface area contributed by atoms with Crippen molar-refractivity contribution in [3.8, 4) is 17.1 Å². The molecule has 1 aromatic heterocycles. The van der Waals surface area contributed by atoms with Crippen LogP contribution in [0.4, 0.5) is 11.5 Å². The summed E-state index contributed by atoms with van der Waals surface area (Å²) >= 11 is 6.00. The summed E-state index contributed by atoms with van der Waals surface area (Å²) in [7, 11) is 1.65. The normalized spacial score (nSPS) is 10.7. The Morgan fingerprint density at radius 3 is 2.38 bits per heavy atom. The molecule has 0 aliphatic carbocycles. The fourth-order valence-corrected chi connectivity index (χ4v) is 2.90. The number of nitrogens with one attached hydrogen (secondary N) is 1. The van der Waals surface area contributed by atoms with Gasteiger partial charge in [-0.05, 0) is 48.5 Å². The summed E-state index contributed by atoms with van der Waals surface area (Å²) in [6.07, 6.45) is 0. The van der Waals surface area contributed by atoms with E-state index in [1.54, 1.807) is 7.11 Å².